The van der Waals surface area contributed by atoms with Crippen LogP contribution >= 0.6 is 0 Å². The van der Waals surface area contributed by atoms with Crippen LogP contribution in [0.15, 0.2) is 24.3 Å². The Morgan fingerprint density at radius 2 is 2.00 bits per heavy atom. The molecule has 0 aliphatic rings. The topological polar surface area (TPSA) is 12.0 Å². The quantitative estimate of drug-likeness (QED) is 0.784. The predicted octanol–water partition coefficient (Wildman–Crippen LogP) is 3.32. The van der Waals surface area contributed by atoms with E-state index in [1.807, 2.05) is 19.2 Å². The monoisotopic (exact) mass is 209 g/mol. The molecule has 1 aromatic rings. The molecular formula is C13H20FN. The molecule has 0 bridgehead atoms. The smallest absolute Gasteiger partial charge is 0.126 e. The molecule has 0 fully saturated rings. The van der Waals surface area contributed by atoms with E-state index in [1.54, 1.807) is 6.07 Å². The van der Waals surface area contributed by atoms with Crippen LogP contribution in [0.4, 0.5) is 4.39 Å². The Morgan fingerprint density at radius 3 is 2.53 bits per heavy atom. The average Bonchev–Trinajstić information content (AvgIpc) is 2.25. The van der Waals surface area contributed by atoms with Gasteiger partial charge in [0.25, 0.3) is 0 Å². The first kappa shape index (κ1) is 12.2. The number of hydrogen-bond donors (Lipinski definition) is 1. The summed E-state index contributed by atoms with van der Waals surface area (Å²) < 4.78 is 13.5. The Bertz CT molecular complexity index is 298. The van der Waals surface area contributed by atoms with Crippen LogP contribution in [0.3, 0.4) is 0 Å². The molecule has 0 amide bonds. The summed E-state index contributed by atoms with van der Waals surface area (Å²) in [6, 6.07) is 7.39. The highest BCUT2D eigenvalue weighted by atomic mass is 19.1. The van der Waals surface area contributed by atoms with E-state index in [4.69, 9.17) is 0 Å². The third-order valence-electron chi connectivity index (χ3n) is 2.97. The fraction of sp³-hybridized carbons (Fsp3) is 0.538. The molecule has 1 nitrogen and oxygen atoms in total. The van der Waals surface area contributed by atoms with Crippen molar-refractivity contribution in [2.75, 3.05) is 7.05 Å². The summed E-state index contributed by atoms with van der Waals surface area (Å²) in [5.74, 6) is 0.123. The van der Waals surface area contributed by atoms with Gasteiger partial charge >= 0.3 is 0 Å². The van der Waals surface area contributed by atoms with Crippen LogP contribution in [0.1, 0.15) is 38.2 Å². The summed E-state index contributed by atoms with van der Waals surface area (Å²) in [6.07, 6.45) is 2.19. The lowest BCUT2D eigenvalue weighted by molar-refractivity contribution is 0.438. The normalized spacial score (nSPS) is 14.9. The van der Waals surface area contributed by atoms with Gasteiger partial charge in [-0.05, 0) is 31.0 Å². The minimum Gasteiger partial charge on any atom is -0.316 e. The van der Waals surface area contributed by atoms with Crippen molar-refractivity contribution in [3.63, 3.8) is 0 Å². The summed E-state index contributed by atoms with van der Waals surface area (Å²) in [6.45, 7) is 4.23. The highest BCUT2D eigenvalue weighted by Gasteiger charge is 2.18. The number of halogens is 1. The molecule has 0 saturated carbocycles. The Morgan fingerprint density at radius 1 is 1.33 bits per heavy atom. The molecular weight excluding hydrogens is 189 g/mol. The van der Waals surface area contributed by atoms with E-state index >= 15 is 0 Å². The first-order valence-electron chi connectivity index (χ1n) is 5.62. The Hall–Kier alpha value is -0.890. The van der Waals surface area contributed by atoms with Gasteiger partial charge in [-0.3, -0.25) is 0 Å². The zero-order valence-electron chi connectivity index (χ0n) is 9.76. The molecule has 84 valence electrons. The van der Waals surface area contributed by atoms with Crippen molar-refractivity contribution in [1.29, 1.82) is 0 Å². The van der Waals surface area contributed by atoms with Crippen molar-refractivity contribution in [3.05, 3.63) is 35.6 Å². The molecule has 1 aromatic carbocycles. The molecule has 0 heterocycles. The van der Waals surface area contributed by atoms with Gasteiger partial charge in [0.05, 0.1) is 0 Å². The molecule has 0 aromatic heterocycles. The van der Waals surface area contributed by atoms with E-state index in [0.717, 1.165) is 18.4 Å². The van der Waals surface area contributed by atoms with Gasteiger partial charge in [-0.2, -0.15) is 0 Å². The van der Waals surface area contributed by atoms with Gasteiger partial charge in [0.15, 0.2) is 0 Å². The van der Waals surface area contributed by atoms with Gasteiger partial charge in [0.2, 0.25) is 0 Å². The average molecular weight is 209 g/mol. The first-order chi connectivity index (χ1) is 7.20. The second-order valence-corrected chi connectivity index (χ2v) is 3.99. The molecule has 2 unspecified atom stereocenters. The number of benzene rings is 1. The van der Waals surface area contributed by atoms with Crippen molar-refractivity contribution in [3.8, 4) is 0 Å². The zero-order chi connectivity index (χ0) is 11.3. The molecule has 0 aliphatic carbocycles. The second-order valence-electron chi connectivity index (χ2n) is 3.99. The van der Waals surface area contributed by atoms with Gasteiger partial charge in [-0.25, -0.2) is 4.39 Å². The van der Waals surface area contributed by atoms with E-state index < -0.39 is 0 Å². The van der Waals surface area contributed by atoms with Gasteiger partial charge in [-0.15, -0.1) is 0 Å². The fourth-order valence-electron chi connectivity index (χ4n) is 2.02. The van der Waals surface area contributed by atoms with E-state index in [1.165, 1.54) is 6.07 Å². The standard InChI is InChI=1S/C13H20FN/c1-4-7-13(15-3)10(2)11-8-5-6-9-12(11)14/h5-6,8-10,13,15H,4,7H2,1-3H3. The molecule has 0 spiro atoms. The van der Waals surface area contributed by atoms with Gasteiger partial charge < -0.3 is 5.32 Å². The lowest BCUT2D eigenvalue weighted by Gasteiger charge is -2.23. The zero-order valence-corrected chi connectivity index (χ0v) is 9.76. The summed E-state index contributed by atoms with van der Waals surface area (Å²) in [5, 5.41) is 3.26. The van der Waals surface area contributed by atoms with E-state index in [0.29, 0.717) is 6.04 Å². The fourth-order valence-corrected chi connectivity index (χ4v) is 2.02. The molecule has 2 heteroatoms. The van der Waals surface area contributed by atoms with Crippen LogP contribution in [0.5, 0.6) is 0 Å². The number of likely N-dealkylation sites (N-methyl/N-ethyl adjacent to an activating group) is 1. The summed E-state index contributed by atoms with van der Waals surface area (Å²) in [4.78, 5) is 0. The maximum absolute atomic E-state index is 13.5. The van der Waals surface area contributed by atoms with Crippen LogP contribution in [0.2, 0.25) is 0 Å². The predicted molar refractivity (Wildman–Crippen MR) is 62.6 cm³/mol. The number of hydrogen-bond acceptors (Lipinski definition) is 1. The van der Waals surface area contributed by atoms with Crippen molar-refractivity contribution < 1.29 is 4.39 Å². The molecule has 0 saturated heterocycles. The van der Waals surface area contributed by atoms with Gasteiger partial charge in [0, 0.05) is 6.04 Å². The van der Waals surface area contributed by atoms with E-state index in [9.17, 15) is 4.39 Å². The SMILES string of the molecule is CCCC(NC)C(C)c1ccccc1F. The molecule has 0 radical (unpaired) electrons. The van der Waals surface area contributed by atoms with Crippen molar-refractivity contribution in [2.45, 2.75) is 38.6 Å². The van der Waals surface area contributed by atoms with Crippen molar-refractivity contribution in [2.24, 2.45) is 0 Å². The molecule has 15 heavy (non-hydrogen) atoms. The first-order valence-corrected chi connectivity index (χ1v) is 5.62. The summed E-state index contributed by atoms with van der Waals surface area (Å²) in [7, 11) is 1.94. The van der Waals surface area contributed by atoms with Gasteiger partial charge in [-0.1, -0.05) is 38.5 Å². The lowest BCUT2D eigenvalue weighted by Crippen LogP contribution is -2.30. The van der Waals surface area contributed by atoms with Crippen molar-refractivity contribution >= 4 is 0 Å². The van der Waals surface area contributed by atoms with E-state index in [-0.39, 0.29) is 11.7 Å². The Balaban J connectivity index is 2.82. The molecule has 1 N–H and O–H groups in total. The second kappa shape index (κ2) is 5.86. The largest absolute Gasteiger partial charge is 0.316 e. The maximum Gasteiger partial charge on any atom is 0.126 e. The van der Waals surface area contributed by atoms with Crippen LogP contribution in [-0.2, 0) is 0 Å². The number of nitrogens with one attached hydrogen (secondary N) is 1. The molecule has 1 rings (SSSR count). The third-order valence-corrected chi connectivity index (χ3v) is 2.97. The minimum absolute atomic E-state index is 0.0960. The van der Waals surface area contributed by atoms with E-state index in [2.05, 4.69) is 19.2 Å². The van der Waals surface area contributed by atoms with Crippen molar-refractivity contribution in [1.82, 2.24) is 5.32 Å². The van der Waals surface area contributed by atoms with Crippen LogP contribution in [0, 0.1) is 5.82 Å². The van der Waals surface area contributed by atoms with Crippen LogP contribution in [-0.4, -0.2) is 13.1 Å². The molecule has 0 aliphatic heterocycles. The highest BCUT2D eigenvalue weighted by Crippen LogP contribution is 2.24. The Kier molecular flexibility index (Phi) is 4.76. The third kappa shape index (κ3) is 3.03. The maximum atomic E-state index is 13.5. The van der Waals surface area contributed by atoms with Gasteiger partial charge in [0.1, 0.15) is 5.82 Å². The molecule has 2 atom stereocenters. The Labute approximate surface area is 91.7 Å². The van der Waals surface area contributed by atoms with Crippen LogP contribution < -0.4 is 5.32 Å². The lowest BCUT2D eigenvalue weighted by atomic mass is 9.90. The summed E-state index contributed by atoms with van der Waals surface area (Å²) >= 11 is 0. The number of rotatable bonds is 5. The highest BCUT2D eigenvalue weighted by molar-refractivity contribution is 5.22. The minimum atomic E-state index is -0.0960. The summed E-state index contributed by atoms with van der Waals surface area (Å²) in [5.41, 5.74) is 0.810. The van der Waals surface area contributed by atoms with Crippen LogP contribution in [0.25, 0.3) is 0 Å².